The van der Waals surface area contributed by atoms with Gasteiger partial charge in [-0.3, -0.25) is 9.89 Å². The van der Waals surface area contributed by atoms with Gasteiger partial charge in [-0.05, 0) is 49.5 Å². The fourth-order valence-corrected chi connectivity index (χ4v) is 5.23. The first-order valence-electron chi connectivity index (χ1n) is 10.3. The quantitative estimate of drug-likeness (QED) is 0.377. The number of aromatic amines is 1. The largest absolute Gasteiger partial charge is 0.495 e. The molecule has 1 atom stereocenters. The molecule has 6 nitrogen and oxygen atoms in total. The number of H-pyrrole nitrogens is 1. The van der Waals surface area contributed by atoms with Crippen molar-refractivity contribution in [1.29, 1.82) is 0 Å². The number of carbonyl (C=O) groups is 1. The Kier molecular flexibility index (Phi) is 6.88. The van der Waals surface area contributed by atoms with Crippen molar-refractivity contribution in [2.75, 3.05) is 19.5 Å². The molecule has 1 aromatic heterocycles. The second-order valence-corrected chi connectivity index (χ2v) is 8.87. The average molecular weight is 507 g/mol. The monoisotopic (exact) mass is 505 g/mol. The van der Waals surface area contributed by atoms with Gasteiger partial charge in [0.2, 0.25) is 5.91 Å². The minimum atomic E-state index is -0.320. The minimum absolute atomic E-state index is 0.0555. The lowest BCUT2D eigenvalue weighted by molar-refractivity contribution is -0.111. The van der Waals surface area contributed by atoms with Crippen molar-refractivity contribution in [3.63, 3.8) is 0 Å². The summed E-state index contributed by atoms with van der Waals surface area (Å²) in [6.07, 6.45) is 3.43. The number of anilines is 1. The van der Waals surface area contributed by atoms with Crippen molar-refractivity contribution in [3.8, 4) is 22.8 Å². The molecule has 9 heteroatoms. The maximum absolute atomic E-state index is 11.9. The molecule has 4 rings (SSSR count). The highest BCUT2D eigenvalue weighted by molar-refractivity contribution is 6.38. The molecule has 1 aliphatic carbocycles. The zero-order valence-corrected chi connectivity index (χ0v) is 20.4. The zero-order valence-electron chi connectivity index (χ0n) is 18.1. The van der Waals surface area contributed by atoms with Gasteiger partial charge in [-0.25, -0.2) is 0 Å². The second-order valence-electron chi connectivity index (χ2n) is 7.68. The van der Waals surface area contributed by atoms with Crippen LogP contribution in [0.25, 0.3) is 11.3 Å². The van der Waals surface area contributed by atoms with Crippen molar-refractivity contribution in [2.45, 2.75) is 25.2 Å². The van der Waals surface area contributed by atoms with E-state index in [1.165, 1.54) is 6.08 Å². The number of nitrogens with zero attached hydrogens (tertiary/aromatic N) is 1. The number of rotatable bonds is 6. The van der Waals surface area contributed by atoms with Gasteiger partial charge in [-0.1, -0.05) is 41.4 Å². The molecule has 0 saturated carbocycles. The van der Waals surface area contributed by atoms with E-state index in [0.29, 0.717) is 38.7 Å². The smallest absolute Gasteiger partial charge is 0.247 e. The van der Waals surface area contributed by atoms with Gasteiger partial charge in [0.25, 0.3) is 0 Å². The Morgan fingerprint density at radius 2 is 1.88 bits per heavy atom. The summed E-state index contributed by atoms with van der Waals surface area (Å²) in [4.78, 5) is 11.9. The van der Waals surface area contributed by atoms with E-state index in [1.807, 2.05) is 6.07 Å². The van der Waals surface area contributed by atoms with Gasteiger partial charge in [0.15, 0.2) is 0 Å². The summed E-state index contributed by atoms with van der Waals surface area (Å²) < 4.78 is 10.9. The van der Waals surface area contributed by atoms with E-state index in [9.17, 15) is 4.79 Å². The van der Waals surface area contributed by atoms with Gasteiger partial charge < -0.3 is 14.8 Å². The molecule has 172 valence electrons. The molecular weight excluding hydrogens is 485 g/mol. The molecule has 1 aliphatic rings. The molecule has 0 unspecified atom stereocenters. The maximum atomic E-state index is 11.9. The summed E-state index contributed by atoms with van der Waals surface area (Å²) in [5.41, 5.74) is 5.02. The van der Waals surface area contributed by atoms with Crippen LogP contribution in [-0.4, -0.2) is 30.3 Å². The highest BCUT2D eigenvalue weighted by atomic mass is 35.5. The van der Waals surface area contributed by atoms with Crippen LogP contribution in [0.3, 0.4) is 0 Å². The van der Waals surface area contributed by atoms with Crippen molar-refractivity contribution in [3.05, 3.63) is 68.8 Å². The Labute approximate surface area is 206 Å². The predicted octanol–water partition coefficient (Wildman–Crippen LogP) is 6.45. The highest BCUT2D eigenvalue weighted by Crippen LogP contribution is 2.48. The molecule has 0 spiro atoms. The number of aromatic nitrogens is 2. The van der Waals surface area contributed by atoms with Crippen LogP contribution in [0, 0.1) is 0 Å². The second kappa shape index (κ2) is 9.67. The lowest BCUT2D eigenvalue weighted by Crippen LogP contribution is -2.14. The van der Waals surface area contributed by atoms with Gasteiger partial charge >= 0.3 is 0 Å². The Balaban J connectivity index is 1.71. The molecule has 33 heavy (non-hydrogen) atoms. The number of methoxy groups -OCH3 is 2. The third-order valence-electron chi connectivity index (χ3n) is 5.84. The predicted molar refractivity (Wildman–Crippen MR) is 132 cm³/mol. The average Bonchev–Trinajstić information content (AvgIpc) is 3.22. The van der Waals surface area contributed by atoms with E-state index >= 15 is 0 Å². The summed E-state index contributed by atoms with van der Waals surface area (Å²) in [7, 11) is 3.13. The van der Waals surface area contributed by atoms with E-state index in [-0.39, 0.29) is 11.8 Å². The Morgan fingerprint density at radius 1 is 1.18 bits per heavy atom. The van der Waals surface area contributed by atoms with Crippen molar-refractivity contribution in [1.82, 2.24) is 10.2 Å². The fraction of sp³-hybridized carbons (Fsp3) is 0.250. The summed E-state index contributed by atoms with van der Waals surface area (Å²) in [5.74, 6) is 0.778. The van der Waals surface area contributed by atoms with Gasteiger partial charge in [-0.2, -0.15) is 5.10 Å². The normalized spacial score (nSPS) is 15.0. The number of hydrogen-bond acceptors (Lipinski definition) is 4. The first kappa shape index (κ1) is 23.5. The van der Waals surface area contributed by atoms with Crippen LogP contribution in [0.1, 0.15) is 29.2 Å². The number of carbonyl (C=O) groups excluding carboxylic acids is 1. The van der Waals surface area contributed by atoms with Crippen LogP contribution in [0.5, 0.6) is 11.5 Å². The van der Waals surface area contributed by atoms with Crippen LogP contribution >= 0.6 is 34.8 Å². The molecule has 1 amide bonds. The zero-order chi connectivity index (χ0) is 23.7. The topological polar surface area (TPSA) is 76.2 Å². The van der Waals surface area contributed by atoms with Crippen molar-refractivity contribution < 1.29 is 14.3 Å². The molecule has 3 aromatic rings. The van der Waals surface area contributed by atoms with Gasteiger partial charge in [0.1, 0.15) is 11.5 Å². The molecule has 0 bridgehead atoms. The highest BCUT2D eigenvalue weighted by Gasteiger charge is 2.31. The van der Waals surface area contributed by atoms with E-state index in [4.69, 9.17) is 44.3 Å². The summed E-state index contributed by atoms with van der Waals surface area (Å²) in [5, 5.41) is 12.0. The molecule has 1 heterocycles. The number of ether oxygens (including phenoxy) is 2. The number of halogens is 3. The Bertz CT molecular complexity index is 1210. The number of nitrogens with one attached hydrogen (secondary N) is 2. The molecule has 0 fully saturated rings. The Hall–Kier alpha value is -2.67. The fourth-order valence-electron chi connectivity index (χ4n) is 4.25. The first-order chi connectivity index (χ1) is 15.9. The molecule has 2 aromatic carbocycles. The Morgan fingerprint density at radius 3 is 2.52 bits per heavy atom. The third-order valence-corrected chi connectivity index (χ3v) is 6.86. The first-order valence-corrected chi connectivity index (χ1v) is 11.4. The van der Waals surface area contributed by atoms with Crippen LogP contribution in [0.4, 0.5) is 5.69 Å². The number of fused-ring (bicyclic) bond motifs is 1. The number of hydrogen-bond donors (Lipinski definition) is 2. The third kappa shape index (κ3) is 4.43. The lowest BCUT2D eigenvalue weighted by atomic mass is 9.81. The van der Waals surface area contributed by atoms with Gasteiger partial charge in [0.05, 0.1) is 35.6 Å². The van der Waals surface area contributed by atoms with E-state index in [0.717, 1.165) is 40.9 Å². The van der Waals surface area contributed by atoms with E-state index in [1.54, 1.807) is 32.4 Å². The minimum Gasteiger partial charge on any atom is -0.495 e. The molecule has 0 aliphatic heterocycles. The summed E-state index contributed by atoms with van der Waals surface area (Å²) in [6.45, 7) is 3.51. The van der Waals surface area contributed by atoms with Gasteiger partial charge in [-0.15, -0.1) is 0 Å². The SMILES string of the molecule is C=CC(=O)Nc1cc(Cl)ccc1-c1n[nH]c2c1CC[C@H](c1c(Cl)c(OC)cc(OC)c1Cl)C2. The summed E-state index contributed by atoms with van der Waals surface area (Å²) >= 11 is 19.5. The maximum Gasteiger partial charge on any atom is 0.247 e. The molecule has 0 saturated heterocycles. The molecule has 2 N–H and O–H groups in total. The van der Waals surface area contributed by atoms with Crippen LogP contribution in [0.2, 0.25) is 15.1 Å². The number of benzene rings is 2. The van der Waals surface area contributed by atoms with Gasteiger partial charge in [0, 0.05) is 33.5 Å². The van der Waals surface area contributed by atoms with Crippen molar-refractivity contribution >= 4 is 46.4 Å². The van der Waals surface area contributed by atoms with Crippen LogP contribution in [-0.2, 0) is 17.6 Å². The standard InChI is InChI=1S/C24H22Cl3N3O3/c1-4-20(31)28-16-10-13(25)6-8-14(16)24-15-7-5-12(9-17(15)29-30-24)21-22(26)18(32-2)11-19(33-3)23(21)27/h4,6,8,10-12H,1,5,7,9H2,2-3H3,(H,28,31)(H,29,30)/t12-/m0/s1. The lowest BCUT2D eigenvalue weighted by Gasteiger charge is -2.26. The molecule has 0 radical (unpaired) electrons. The molecular formula is C24H22Cl3N3O3. The number of amides is 1. The van der Waals surface area contributed by atoms with E-state index in [2.05, 4.69) is 22.1 Å². The van der Waals surface area contributed by atoms with Crippen molar-refractivity contribution in [2.24, 2.45) is 0 Å². The van der Waals surface area contributed by atoms with Crippen LogP contribution < -0.4 is 14.8 Å². The van der Waals surface area contributed by atoms with Crippen LogP contribution in [0.15, 0.2) is 36.9 Å². The van der Waals surface area contributed by atoms with E-state index < -0.39 is 0 Å². The summed E-state index contributed by atoms with van der Waals surface area (Å²) in [6, 6.07) is 7.02.